The first-order chi connectivity index (χ1) is 7.79. The second-order valence-corrected chi connectivity index (χ2v) is 3.76. The minimum Gasteiger partial charge on any atom is -0.254 e. The first-order valence-corrected chi connectivity index (χ1v) is 5.08. The summed E-state index contributed by atoms with van der Waals surface area (Å²) in [7, 11) is 0. The molecule has 0 N–H and O–H groups in total. The Bertz CT molecular complexity index is 722. The van der Waals surface area contributed by atoms with E-state index in [1.165, 1.54) is 0 Å². The van der Waals surface area contributed by atoms with Crippen LogP contribution in [-0.4, -0.2) is 9.97 Å². The lowest BCUT2D eigenvalue weighted by Gasteiger charge is -2.03. The fourth-order valence-electron chi connectivity index (χ4n) is 2.00. The van der Waals surface area contributed by atoms with Gasteiger partial charge < -0.3 is 0 Å². The third-order valence-electron chi connectivity index (χ3n) is 2.85. The number of aromatic nitrogens is 2. The molecule has 0 aliphatic heterocycles. The zero-order valence-corrected chi connectivity index (χ0v) is 8.77. The van der Waals surface area contributed by atoms with E-state index in [-0.39, 0.29) is 0 Å². The maximum absolute atomic E-state index is 4.38. The number of fused-ring (bicyclic) bond motifs is 3. The number of hydrogen-bond donors (Lipinski definition) is 0. The van der Waals surface area contributed by atoms with Gasteiger partial charge in [-0.2, -0.15) is 0 Å². The predicted molar refractivity (Wildman–Crippen MR) is 67.3 cm³/mol. The lowest BCUT2D eigenvalue weighted by Crippen LogP contribution is -2.23. The molecule has 3 rings (SSSR count). The third kappa shape index (κ3) is 1.07. The van der Waals surface area contributed by atoms with E-state index in [1.807, 2.05) is 24.3 Å². The van der Waals surface area contributed by atoms with E-state index in [1.54, 1.807) is 12.4 Å². The highest BCUT2D eigenvalue weighted by Crippen LogP contribution is 2.14. The van der Waals surface area contributed by atoms with Crippen LogP contribution in [0.25, 0.3) is 35.0 Å². The van der Waals surface area contributed by atoms with E-state index in [0.29, 0.717) is 0 Å². The largest absolute Gasteiger partial charge is 0.254 e. The summed E-state index contributed by atoms with van der Waals surface area (Å²) in [6, 6.07) is 7.83. The van der Waals surface area contributed by atoms with Crippen LogP contribution in [0.5, 0.6) is 0 Å². The standard InChI is InChI=1S/C14H10N2/c1-9-10(2)12-6-4-8-16-14(12)13-11(9)5-3-7-15-13/h3-8H,1-2H2. The average Bonchev–Trinajstić information content (AvgIpc) is 2.36. The minimum absolute atomic E-state index is 0.899. The Kier molecular flexibility index (Phi) is 1.77. The molecule has 2 aromatic heterocycles. The van der Waals surface area contributed by atoms with Crippen molar-refractivity contribution in [2.75, 3.05) is 0 Å². The highest BCUT2D eigenvalue weighted by Gasteiger charge is 2.04. The molecule has 0 bridgehead atoms. The Hall–Kier alpha value is -2.22. The second-order valence-electron chi connectivity index (χ2n) is 3.76. The lowest BCUT2D eigenvalue weighted by atomic mass is 10.1. The molecule has 2 heteroatoms. The quantitative estimate of drug-likeness (QED) is 0.522. The van der Waals surface area contributed by atoms with Crippen molar-refractivity contribution in [1.82, 2.24) is 9.97 Å². The summed E-state index contributed by atoms with van der Waals surface area (Å²) in [5, 5.41) is 3.92. The van der Waals surface area contributed by atoms with Gasteiger partial charge in [-0.25, -0.2) is 0 Å². The highest BCUT2D eigenvalue weighted by molar-refractivity contribution is 6.02. The molecule has 76 valence electrons. The summed E-state index contributed by atoms with van der Waals surface area (Å²) in [4.78, 5) is 8.76. The molecule has 3 aromatic rings. The Balaban J connectivity index is 2.81. The highest BCUT2D eigenvalue weighted by atomic mass is 14.7. The second kappa shape index (κ2) is 3.14. The van der Waals surface area contributed by atoms with Crippen LogP contribution in [0.4, 0.5) is 0 Å². The van der Waals surface area contributed by atoms with Crippen LogP contribution in [0, 0.1) is 0 Å². The molecular formula is C14H10N2. The van der Waals surface area contributed by atoms with Crippen molar-refractivity contribution >= 4 is 35.0 Å². The molecule has 0 radical (unpaired) electrons. The van der Waals surface area contributed by atoms with Crippen molar-refractivity contribution in [1.29, 1.82) is 0 Å². The first kappa shape index (κ1) is 9.04. The molecule has 16 heavy (non-hydrogen) atoms. The summed E-state index contributed by atoms with van der Waals surface area (Å²) >= 11 is 0. The van der Waals surface area contributed by atoms with Crippen molar-refractivity contribution in [2.24, 2.45) is 0 Å². The summed E-state index contributed by atoms with van der Waals surface area (Å²) in [5.74, 6) is 0. The van der Waals surface area contributed by atoms with Gasteiger partial charge >= 0.3 is 0 Å². The molecule has 0 saturated heterocycles. The van der Waals surface area contributed by atoms with Gasteiger partial charge in [0.1, 0.15) is 0 Å². The maximum Gasteiger partial charge on any atom is 0.0970 e. The fourth-order valence-corrected chi connectivity index (χ4v) is 2.00. The van der Waals surface area contributed by atoms with Gasteiger partial charge in [0.05, 0.1) is 11.0 Å². The molecule has 0 unspecified atom stereocenters. The molecule has 0 aliphatic carbocycles. The van der Waals surface area contributed by atoms with Gasteiger partial charge in [0.25, 0.3) is 0 Å². The predicted octanol–water partition coefficient (Wildman–Crippen LogP) is 1.60. The number of rotatable bonds is 0. The smallest absolute Gasteiger partial charge is 0.0970 e. The van der Waals surface area contributed by atoms with Crippen LogP contribution >= 0.6 is 0 Å². The normalized spacial score (nSPS) is 11.0. The Morgan fingerprint density at radius 1 is 0.750 bits per heavy atom. The molecular weight excluding hydrogens is 196 g/mol. The summed E-state index contributed by atoms with van der Waals surface area (Å²) < 4.78 is 0. The van der Waals surface area contributed by atoms with E-state index in [2.05, 4.69) is 23.1 Å². The van der Waals surface area contributed by atoms with Crippen molar-refractivity contribution in [3.05, 3.63) is 47.1 Å². The van der Waals surface area contributed by atoms with Crippen molar-refractivity contribution < 1.29 is 0 Å². The maximum atomic E-state index is 4.38. The van der Waals surface area contributed by atoms with E-state index in [4.69, 9.17) is 0 Å². The van der Waals surface area contributed by atoms with Gasteiger partial charge in [0.2, 0.25) is 0 Å². The summed E-state index contributed by atoms with van der Waals surface area (Å²) in [6.45, 7) is 8.14. The van der Waals surface area contributed by atoms with E-state index in [9.17, 15) is 0 Å². The van der Waals surface area contributed by atoms with Gasteiger partial charge in [-0.3, -0.25) is 9.97 Å². The summed E-state index contributed by atoms with van der Waals surface area (Å²) in [5.41, 5.74) is 1.80. The van der Waals surface area contributed by atoms with Crippen molar-refractivity contribution in [2.45, 2.75) is 0 Å². The molecule has 0 atom stereocenters. The van der Waals surface area contributed by atoms with Gasteiger partial charge in [-0.05, 0) is 22.6 Å². The zero-order valence-electron chi connectivity index (χ0n) is 8.77. The van der Waals surface area contributed by atoms with Gasteiger partial charge in [0, 0.05) is 23.2 Å². The number of pyridine rings is 2. The molecule has 0 fully saturated rings. The fraction of sp³-hybridized carbons (Fsp3) is 0. The first-order valence-electron chi connectivity index (χ1n) is 5.08. The van der Waals surface area contributed by atoms with Crippen LogP contribution in [-0.2, 0) is 0 Å². The number of hydrogen-bond acceptors (Lipinski definition) is 2. The third-order valence-corrected chi connectivity index (χ3v) is 2.85. The molecule has 0 amide bonds. The number of benzene rings is 1. The molecule has 1 aromatic carbocycles. The molecule has 2 heterocycles. The van der Waals surface area contributed by atoms with Gasteiger partial charge in [-0.15, -0.1) is 0 Å². The van der Waals surface area contributed by atoms with Crippen LogP contribution in [0.3, 0.4) is 0 Å². The molecule has 0 saturated carbocycles. The van der Waals surface area contributed by atoms with Crippen LogP contribution < -0.4 is 10.4 Å². The van der Waals surface area contributed by atoms with Gasteiger partial charge in [-0.1, -0.05) is 25.3 Å². The van der Waals surface area contributed by atoms with Crippen LogP contribution in [0.1, 0.15) is 0 Å². The minimum atomic E-state index is 0.899. The monoisotopic (exact) mass is 206 g/mol. The lowest BCUT2D eigenvalue weighted by molar-refractivity contribution is 1.36. The Morgan fingerprint density at radius 3 is 1.62 bits per heavy atom. The Morgan fingerprint density at radius 2 is 1.19 bits per heavy atom. The van der Waals surface area contributed by atoms with Gasteiger partial charge in [0.15, 0.2) is 0 Å². The number of nitrogens with zero attached hydrogens (tertiary/aromatic N) is 2. The summed E-state index contributed by atoms with van der Waals surface area (Å²) in [6.07, 6.45) is 3.55. The SMILES string of the molecule is C=c1c(=C)c2cccnc2c2ncccc12. The van der Waals surface area contributed by atoms with Crippen LogP contribution in [0.15, 0.2) is 36.7 Å². The Labute approximate surface area is 92.6 Å². The molecule has 0 spiro atoms. The molecule has 0 aliphatic rings. The van der Waals surface area contributed by atoms with Crippen molar-refractivity contribution in [3.8, 4) is 0 Å². The van der Waals surface area contributed by atoms with Crippen molar-refractivity contribution in [3.63, 3.8) is 0 Å². The zero-order chi connectivity index (χ0) is 11.1. The van der Waals surface area contributed by atoms with E-state index < -0.39 is 0 Å². The molecule has 2 nitrogen and oxygen atoms in total. The van der Waals surface area contributed by atoms with Crippen LogP contribution in [0.2, 0.25) is 0 Å². The average molecular weight is 206 g/mol. The van der Waals surface area contributed by atoms with E-state index >= 15 is 0 Å². The topological polar surface area (TPSA) is 25.8 Å². The van der Waals surface area contributed by atoms with E-state index in [0.717, 1.165) is 32.2 Å².